The third-order valence-electron chi connectivity index (χ3n) is 1.14. The molecule has 0 spiro atoms. The van der Waals surface area contributed by atoms with Crippen molar-refractivity contribution in [3.8, 4) is 0 Å². The van der Waals surface area contributed by atoms with E-state index in [-0.39, 0.29) is 6.10 Å². The summed E-state index contributed by atoms with van der Waals surface area (Å²) in [6.07, 6.45) is 3.07. The molecule has 0 aromatic heterocycles. The van der Waals surface area contributed by atoms with Gasteiger partial charge in [-0.1, -0.05) is 24.6 Å². The molecule has 0 fully saturated rings. The van der Waals surface area contributed by atoms with Gasteiger partial charge in [0, 0.05) is 5.03 Å². The molecule has 0 aliphatic heterocycles. The first kappa shape index (κ1) is 8.99. The smallest absolute Gasteiger partial charge is 0.0572 e. The highest BCUT2D eigenvalue weighted by Gasteiger charge is 1.95. The Kier molecular flexibility index (Phi) is 4.83. The van der Waals surface area contributed by atoms with Crippen LogP contribution in [0.4, 0.5) is 0 Å². The zero-order valence-corrected chi connectivity index (χ0v) is 6.65. The van der Waals surface area contributed by atoms with E-state index in [1.165, 1.54) is 0 Å². The molecule has 0 bridgehead atoms. The van der Waals surface area contributed by atoms with Crippen LogP contribution in [-0.4, -0.2) is 11.2 Å². The van der Waals surface area contributed by atoms with Gasteiger partial charge in [-0.25, -0.2) is 0 Å². The maximum Gasteiger partial charge on any atom is 0.0572 e. The summed E-state index contributed by atoms with van der Waals surface area (Å²) >= 11 is 5.53. The molecular formula is C7H13ClO. The molecule has 1 nitrogen and oxygen atoms in total. The number of hydrogen-bond donors (Lipinski definition) is 1. The maximum atomic E-state index is 9.00. The summed E-state index contributed by atoms with van der Waals surface area (Å²) < 4.78 is 0. The van der Waals surface area contributed by atoms with E-state index in [0.717, 1.165) is 11.5 Å². The van der Waals surface area contributed by atoms with Crippen molar-refractivity contribution < 1.29 is 5.11 Å². The van der Waals surface area contributed by atoms with Crippen molar-refractivity contribution >= 4 is 11.6 Å². The van der Waals surface area contributed by atoms with Crippen molar-refractivity contribution in [3.63, 3.8) is 0 Å². The van der Waals surface area contributed by atoms with E-state index < -0.39 is 0 Å². The van der Waals surface area contributed by atoms with Gasteiger partial charge < -0.3 is 5.11 Å². The lowest BCUT2D eigenvalue weighted by Gasteiger charge is -2.01. The Labute approximate surface area is 61.3 Å². The minimum atomic E-state index is -0.223. The van der Waals surface area contributed by atoms with Crippen molar-refractivity contribution in [1.82, 2.24) is 0 Å². The van der Waals surface area contributed by atoms with Crippen LogP contribution in [0.1, 0.15) is 26.7 Å². The van der Waals surface area contributed by atoms with Crippen LogP contribution >= 0.6 is 11.6 Å². The van der Waals surface area contributed by atoms with Gasteiger partial charge in [-0.05, 0) is 19.8 Å². The number of hydrogen-bond acceptors (Lipinski definition) is 1. The third-order valence-corrected chi connectivity index (χ3v) is 1.30. The maximum absolute atomic E-state index is 9.00. The monoisotopic (exact) mass is 148 g/mol. The van der Waals surface area contributed by atoms with Crippen molar-refractivity contribution in [1.29, 1.82) is 0 Å². The van der Waals surface area contributed by atoms with Crippen LogP contribution in [0.2, 0.25) is 0 Å². The van der Waals surface area contributed by atoms with Gasteiger partial charge in [0.1, 0.15) is 0 Å². The predicted molar refractivity (Wildman–Crippen MR) is 40.5 cm³/mol. The van der Waals surface area contributed by atoms with Gasteiger partial charge in [-0.3, -0.25) is 0 Å². The molecule has 1 unspecified atom stereocenters. The van der Waals surface area contributed by atoms with Gasteiger partial charge >= 0.3 is 0 Å². The predicted octanol–water partition coefficient (Wildman–Crippen LogP) is 2.29. The van der Waals surface area contributed by atoms with Crippen LogP contribution in [0.25, 0.3) is 0 Å². The summed E-state index contributed by atoms with van der Waals surface area (Å²) in [6.45, 7) is 3.76. The molecule has 1 atom stereocenters. The molecule has 0 aromatic rings. The van der Waals surface area contributed by atoms with Crippen LogP contribution < -0.4 is 0 Å². The quantitative estimate of drug-likeness (QED) is 0.651. The van der Waals surface area contributed by atoms with E-state index in [4.69, 9.17) is 16.7 Å². The largest absolute Gasteiger partial charge is 0.393 e. The third kappa shape index (κ3) is 5.87. The molecule has 0 saturated carbocycles. The topological polar surface area (TPSA) is 20.2 Å². The lowest BCUT2D eigenvalue weighted by Crippen LogP contribution is -2.01. The summed E-state index contributed by atoms with van der Waals surface area (Å²) in [6, 6.07) is 0. The normalized spacial score (nSPS) is 15.8. The van der Waals surface area contributed by atoms with Gasteiger partial charge in [0.05, 0.1) is 6.10 Å². The highest BCUT2D eigenvalue weighted by molar-refractivity contribution is 6.29. The average Bonchev–Trinajstić information content (AvgIpc) is 1.83. The van der Waals surface area contributed by atoms with Crippen LogP contribution in [0.3, 0.4) is 0 Å². The van der Waals surface area contributed by atoms with Crippen LogP contribution in [0.15, 0.2) is 11.1 Å². The second kappa shape index (κ2) is 4.83. The van der Waals surface area contributed by atoms with E-state index in [9.17, 15) is 0 Å². The molecule has 0 aromatic carbocycles. The zero-order chi connectivity index (χ0) is 7.28. The molecule has 0 aliphatic carbocycles. The molecule has 2 heteroatoms. The van der Waals surface area contributed by atoms with E-state index in [2.05, 4.69) is 0 Å². The van der Waals surface area contributed by atoms with Crippen molar-refractivity contribution in [3.05, 3.63) is 11.1 Å². The number of allylic oxidation sites excluding steroid dienone is 1. The molecular weight excluding hydrogens is 136 g/mol. The highest BCUT2D eigenvalue weighted by atomic mass is 35.5. The molecule has 9 heavy (non-hydrogen) atoms. The fraction of sp³-hybridized carbons (Fsp3) is 0.714. The zero-order valence-electron chi connectivity index (χ0n) is 5.89. The van der Waals surface area contributed by atoms with Crippen molar-refractivity contribution in [2.24, 2.45) is 0 Å². The molecule has 0 aliphatic rings. The Morgan fingerprint density at radius 2 is 2.33 bits per heavy atom. The summed E-state index contributed by atoms with van der Waals surface area (Å²) in [7, 11) is 0. The summed E-state index contributed by atoms with van der Waals surface area (Å²) in [5, 5.41) is 9.76. The van der Waals surface area contributed by atoms with Gasteiger partial charge in [-0.15, -0.1) is 0 Å². The Morgan fingerprint density at radius 1 is 1.78 bits per heavy atom. The standard InChI is InChI=1S/C7H13ClO/c1-3-7(9)5-4-6(2)8/h4,7,9H,3,5H2,1-2H3/b6-4+. The molecule has 0 rings (SSSR count). The van der Waals surface area contributed by atoms with Crippen LogP contribution in [-0.2, 0) is 0 Å². The highest BCUT2D eigenvalue weighted by Crippen LogP contribution is 2.04. The molecule has 0 heterocycles. The lowest BCUT2D eigenvalue weighted by atomic mass is 10.2. The number of aliphatic hydroxyl groups is 1. The molecule has 0 amide bonds. The first-order chi connectivity index (χ1) is 4.16. The first-order valence-electron chi connectivity index (χ1n) is 3.17. The van der Waals surface area contributed by atoms with Gasteiger partial charge in [0.15, 0.2) is 0 Å². The van der Waals surface area contributed by atoms with Crippen molar-refractivity contribution in [2.75, 3.05) is 0 Å². The molecule has 54 valence electrons. The second-order valence-electron chi connectivity index (χ2n) is 2.09. The van der Waals surface area contributed by atoms with E-state index in [1.54, 1.807) is 0 Å². The summed E-state index contributed by atoms with van der Waals surface area (Å²) in [5.41, 5.74) is 0. The van der Waals surface area contributed by atoms with E-state index in [1.807, 2.05) is 19.9 Å². The summed E-state index contributed by atoms with van der Waals surface area (Å²) in [5.74, 6) is 0. The number of halogens is 1. The van der Waals surface area contributed by atoms with E-state index >= 15 is 0 Å². The Hall–Kier alpha value is -0.0100. The Balaban J connectivity index is 3.37. The Bertz CT molecular complexity index is 95.1. The number of rotatable bonds is 3. The van der Waals surface area contributed by atoms with Crippen LogP contribution in [0, 0.1) is 0 Å². The minimum Gasteiger partial charge on any atom is -0.393 e. The fourth-order valence-electron chi connectivity index (χ4n) is 0.465. The van der Waals surface area contributed by atoms with Gasteiger partial charge in [-0.2, -0.15) is 0 Å². The molecule has 0 saturated heterocycles. The molecule has 0 radical (unpaired) electrons. The molecule has 1 N–H and O–H groups in total. The average molecular weight is 149 g/mol. The summed E-state index contributed by atoms with van der Waals surface area (Å²) in [4.78, 5) is 0. The second-order valence-corrected chi connectivity index (χ2v) is 2.68. The first-order valence-corrected chi connectivity index (χ1v) is 3.55. The van der Waals surface area contributed by atoms with E-state index in [0.29, 0.717) is 6.42 Å². The van der Waals surface area contributed by atoms with Crippen LogP contribution in [0.5, 0.6) is 0 Å². The van der Waals surface area contributed by atoms with Gasteiger partial charge in [0.2, 0.25) is 0 Å². The van der Waals surface area contributed by atoms with Gasteiger partial charge in [0.25, 0.3) is 0 Å². The Morgan fingerprint density at radius 3 is 2.67 bits per heavy atom. The lowest BCUT2D eigenvalue weighted by molar-refractivity contribution is 0.173. The SMILES string of the molecule is CCC(O)C/C=C(\C)Cl. The number of aliphatic hydroxyl groups excluding tert-OH is 1. The van der Waals surface area contributed by atoms with Crippen molar-refractivity contribution in [2.45, 2.75) is 32.8 Å². The fourth-order valence-corrected chi connectivity index (χ4v) is 0.554. The minimum absolute atomic E-state index is 0.223.